The Balaban J connectivity index is 0.00000264. The largest absolute Gasteiger partial charge is 0.350 e. The highest BCUT2D eigenvalue weighted by Gasteiger charge is 2.21. The van der Waals surface area contributed by atoms with Crippen molar-refractivity contribution in [3.8, 4) is 0 Å². The molecule has 0 spiro atoms. The lowest BCUT2D eigenvalue weighted by molar-refractivity contribution is 0.0932. The summed E-state index contributed by atoms with van der Waals surface area (Å²) in [5.41, 5.74) is 7.03. The third-order valence-electron chi connectivity index (χ3n) is 3.26. The number of thiazole rings is 1. The molecule has 0 bridgehead atoms. The first-order valence-electron chi connectivity index (χ1n) is 7.07. The van der Waals surface area contributed by atoms with E-state index in [0.29, 0.717) is 18.8 Å². The summed E-state index contributed by atoms with van der Waals surface area (Å²) < 4.78 is 0. The van der Waals surface area contributed by atoms with E-state index in [-0.39, 0.29) is 23.7 Å². The van der Waals surface area contributed by atoms with Crippen LogP contribution < -0.4 is 11.1 Å². The molecule has 0 saturated carbocycles. The zero-order valence-corrected chi connectivity index (χ0v) is 15.5. The SMILES string of the molecule is CC(C)(CNC(=O)c1csc(CN)n1)Cc1cccc(Cl)c1.Cl. The quantitative estimate of drug-likeness (QED) is 0.811. The van der Waals surface area contributed by atoms with E-state index in [1.165, 1.54) is 11.3 Å². The van der Waals surface area contributed by atoms with Crippen LogP contribution in [0.4, 0.5) is 0 Å². The molecule has 1 amide bonds. The molecule has 126 valence electrons. The number of nitrogens with zero attached hydrogens (tertiary/aromatic N) is 1. The van der Waals surface area contributed by atoms with Crippen LogP contribution in [0.15, 0.2) is 29.6 Å². The van der Waals surface area contributed by atoms with Gasteiger partial charge in [-0.2, -0.15) is 0 Å². The predicted octanol–water partition coefficient (Wildman–Crippen LogP) is 3.68. The van der Waals surface area contributed by atoms with Crippen molar-refractivity contribution in [2.45, 2.75) is 26.8 Å². The highest BCUT2D eigenvalue weighted by molar-refractivity contribution is 7.09. The van der Waals surface area contributed by atoms with E-state index in [1.807, 2.05) is 24.3 Å². The van der Waals surface area contributed by atoms with Gasteiger partial charge in [0.25, 0.3) is 5.91 Å². The fourth-order valence-corrected chi connectivity index (χ4v) is 3.05. The molecule has 0 fully saturated rings. The van der Waals surface area contributed by atoms with Crippen LogP contribution in [0.1, 0.15) is 34.9 Å². The second kappa shape index (κ2) is 8.64. The molecular weight excluding hydrogens is 353 g/mol. The van der Waals surface area contributed by atoms with Crippen molar-refractivity contribution in [3.63, 3.8) is 0 Å². The van der Waals surface area contributed by atoms with Crippen LogP contribution in [-0.2, 0) is 13.0 Å². The Morgan fingerprint density at radius 1 is 1.43 bits per heavy atom. The van der Waals surface area contributed by atoms with Crippen molar-refractivity contribution in [2.75, 3.05) is 6.54 Å². The maximum Gasteiger partial charge on any atom is 0.270 e. The molecule has 3 N–H and O–H groups in total. The molecule has 4 nitrogen and oxygen atoms in total. The Kier molecular flexibility index (Phi) is 7.48. The molecule has 23 heavy (non-hydrogen) atoms. The number of benzene rings is 1. The highest BCUT2D eigenvalue weighted by atomic mass is 35.5. The Hall–Kier alpha value is -1.14. The number of hydrogen-bond donors (Lipinski definition) is 2. The summed E-state index contributed by atoms with van der Waals surface area (Å²) in [7, 11) is 0. The second-order valence-electron chi connectivity index (χ2n) is 5.98. The van der Waals surface area contributed by atoms with Gasteiger partial charge < -0.3 is 11.1 Å². The maximum absolute atomic E-state index is 12.1. The van der Waals surface area contributed by atoms with Crippen molar-refractivity contribution < 1.29 is 4.79 Å². The van der Waals surface area contributed by atoms with Crippen LogP contribution in [0.25, 0.3) is 0 Å². The average molecular weight is 374 g/mol. The molecule has 7 heteroatoms. The number of amides is 1. The Morgan fingerprint density at radius 3 is 2.78 bits per heavy atom. The summed E-state index contributed by atoms with van der Waals surface area (Å²) in [6.07, 6.45) is 0.832. The molecule has 1 aromatic heterocycles. The lowest BCUT2D eigenvalue weighted by Gasteiger charge is -2.25. The van der Waals surface area contributed by atoms with Crippen LogP contribution in [0.2, 0.25) is 5.02 Å². The minimum atomic E-state index is -0.157. The zero-order valence-electron chi connectivity index (χ0n) is 13.1. The Labute approximate surface area is 151 Å². The smallest absolute Gasteiger partial charge is 0.270 e. The van der Waals surface area contributed by atoms with Gasteiger partial charge in [-0.1, -0.05) is 37.6 Å². The first-order valence-corrected chi connectivity index (χ1v) is 8.32. The zero-order chi connectivity index (χ0) is 16.2. The first-order chi connectivity index (χ1) is 10.4. The molecule has 0 radical (unpaired) electrons. The minimum absolute atomic E-state index is 0. The molecule has 1 heterocycles. The minimum Gasteiger partial charge on any atom is -0.350 e. The van der Waals surface area contributed by atoms with Crippen molar-refractivity contribution in [3.05, 3.63) is 50.9 Å². The van der Waals surface area contributed by atoms with Gasteiger partial charge in [0.2, 0.25) is 0 Å². The second-order valence-corrected chi connectivity index (χ2v) is 7.36. The normalized spacial score (nSPS) is 11.0. The molecule has 0 aliphatic rings. The standard InChI is InChI=1S/C16H20ClN3OS.ClH/c1-16(2,7-11-4-3-5-12(17)6-11)10-19-15(21)13-9-22-14(8-18)20-13;/h3-6,9H,7-8,10,18H2,1-2H3,(H,19,21);1H. The number of aromatic nitrogens is 1. The summed E-state index contributed by atoms with van der Waals surface area (Å²) in [5.74, 6) is -0.157. The van der Waals surface area contributed by atoms with Gasteiger partial charge in [0, 0.05) is 23.5 Å². The van der Waals surface area contributed by atoms with Crippen LogP contribution in [-0.4, -0.2) is 17.4 Å². The van der Waals surface area contributed by atoms with Gasteiger partial charge in [-0.25, -0.2) is 4.98 Å². The fourth-order valence-electron chi connectivity index (χ4n) is 2.18. The summed E-state index contributed by atoms with van der Waals surface area (Å²) in [4.78, 5) is 16.3. The van der Waals surface area contributed by atoms with Gasteiger partial charge in [0.05, 0.1) is 0 Å². The van der Waals surface area contributed by atoms with E-state index in [4.69, 9.17) is 17.3 Å². The van der Waals surface area contributed by atoms with Crippen molar-refractivity contribution >= 4 is 41.3 Å². The van der Waals surface area contributed by atoms with Crippen LogP contribution in [0.3, 0.4) is 0 Å². The number of carbonyl (C=O) groups is 1. The summed E-state index contributed by atoms with van der Waals surface area (Å²) in [6, 6.07) is 7.80. The van der Waals surface area contributed by atoms with Crippen LogP contribution in [0.5, 0.6) is 0 Å². The average Bonchev–Trinajstić information content (AvgIpc) is 2.93. The molecule has 0 aliphatic heterocycles. The topological polar surface area (TPSA) is 68.0 Å². The lowest BCUT2D eigenvalue weighted by atomic mass is 9.85. The van der Waals surface area contributed by atoms with E-state index in [0.717, 1.165) is 22.0 Å². The van der Waals surface area contributed by atoms with Gasteiger partial charge in [-0.15, -0.1) is 23.7 Å². The highest BCUT2D eigenvalue weighted by Crippen LogP contribution is 2.23. The van der Waals surface area contributed by atoms with Gasteiger partial charge in [-0.3, -0.25) is 4.79 Å². The van der Waals surface area contributed by atoms with E-state index >= 15 is 0 Å². The van der Waals surface area contributed by atoms with E-state index in [9.17, 15) is 4.79 Å². The Bertz CT molecular complexity index is 658. The Morgan fingerprint density at radius 2 is 2.17 bits per heavy atom. The third kappa shape index (κ3) is 6.11. The predicted molar refractivity (Wildman–Crippen MR) is 98.5 cm³/mol. The lowest BCUT2D eigenvalue weighted by Crippen LogP contribution is -2.35. The molecule has 0 atom stereocenters. The molecule has 2 rings (SSSR count). The van der Waals surface area contributed by atoms with Gasteiger partial charge in [0.1, 0.15) is 10.7 Å². The molecular formula is C16H21Cl2N3OS. The fraction of sp³-hybridized carbons (Fsp3) is 0.375. The van der Waals surface area contributed by atoms with E-state index in [1.54, 1.807) is 5.38 Å². The summed E-state index contributed by atoms with van der Waals surface area (Å²) in [5, 5.41) is 6.18. The van der Waals surface area contributed by atoms with Crippen LogP contribution in [0, 0.1) is 5.41 Å². The van der Waals surface area contributed by atoms with E-state index < -0.39 is 0 Å². The van der Waals surface area contributed by atoms with Crippen molar-refractivity contribution in [2.24, 2.45) is 11.1 Å². The van der Waals surface area contributed by atoms with E-state index in [2.05, 4.69) is 24.1 Å². The third-order valence-corrected chi connectivity index (χ3v) is 4.36. The monoisotopic (exact) mass is 373 g/mol. The first kappa shape index (κ1) is 19.9. The molecule has 0 unspecified atom stereocenters. The van der Waals surface area contributed by atoms with Crippen LogP contribution >= 0.6 is 35.3 Å². The number of nitrogens with one attached hydrogen (secondary N) is 1. The van der Waals surface area contributed by atoms with Gasteiger partial charge in [-0.05, 0) is 29.5 Å². The molecule has 1 aromatic carbocycles. The van der Waals surface area contributed by atoms with Gasteiger partial charge >= 0.3 is 0 Å². The number of carbonyl (C=O) groups excluding carboxylic acids is 1. The summed E-state index contributed by atoms with van der Waals surface area (Å²) >= 11 is 7.41. The number of rotatable bonds is 6. The number of hydrogen-bond acceptors (Lipinski definition) is 4. The van der Waals surface area contributed by atoms with Crippen molar-refractivity contribution in [1.82, 2.24) is 10.3 Å². The van der Waals surface area contributed by atoms with Gasteiger partial charge in [0.15, 0.2) is 0 Å². The number of halogens is 2. The summed E-state index contributed by atoms with van der Waals surface area (Å²) in [6.45, 7) is 5.15. The molecule has 0 aliphatic carbocycles. The molecule has 2 aromatic rings. The number of nitrogens with two attached hydrogens (primary N) is 1. The maximum atomic E-state index is 12.1. The van der Waals surface area contributed by atoms with Crippen molar-refractivity contribution in [1.29, 1.82) is 0 Å². The molecule has 0 saturated heterocycles.